The molecule has 0 aliphatic heterocycles. The number of benzene rings is 1. The average Bonchev–Trinajstić information content (AvgIpc) is 2.66. The third-order valence-corrected chi connectivity index (χ3v) is 2.97. The Balaban J connectivity index is 2.18. The van der Waals surface area contributed by atoms with Gasteiger partial charge in [-0.3, -0.25) is 9.13 Å². The summed E-state index contributed by atoms with van der Waals surface area (Å²) in [6.07, 6.45) is 3.36. The molecule has 0 atom stereocenters. The van der Waals surface area contributed by atoms with Crippen molar-refractivity contribution in [3.05, 3.63) is 59.0 Å². The van der Waals surface area contributed by atoms with Gasteiger partial charge in [0, 0.05) is 19.4 Å². The van der Waals surface area contributed by atoms with E-state index in [9.17, 15) is 4.79 Å². The third-order valence-electron chi connectivity index (χ3n) is 2.97. The first-order valence-electron chi connectivity index (χ1n) is 5.67. The zero-order chi connectivity index (χ0) is 12.5. The van der Waals surface area contributed by atoms with Crippen LogP contribution >= 0.6 is 0 Å². The lowest BCUT2D eigenvalue weighted by Crippen LogP contribution is -2.23. The number of imidazole rings is 1. The van der Waals surface area contributed by atoms with Crippen LogP contribution in [0.2, 0.25) is 0 Å². The zero-order valence-electron chi connectivity index (χ0n) is 9.95. The lowest BCUT2D eigenvalue weighted by Gasteiger charge is -2.01. The zero-order valence-corrected chi connectivity index (χ0v) is 9.95. The molecule has 18 heavy (non-hydrogen) atoms. The lowest BCUT2D eigenvalue weighted by atomic mass is 10.3. The number of nitrogens with zero attached hydrogens (tertiary/aromatic N) is 4. The number of para-hydroxylation sites is 2. The molecule has 0 amide bonds. The summed E-state index contributed by atoms with van der Waals surface area (Å²) in [5.74, 6) is 0.635. The summed E-state index contributed by atoms with van der Waals surface area (Å²) < 4.78 is 3.32. The van der Waals surface area contributed by atoms with Crippen molar-refractivity contribution in [3.63, 3.8) is 0 Å². The molecule has 3 rings (SSSR count). The smallest absolute Gasteiger partial charge is 0.295 e. The van der Waals surface area contributed by atoms with Crippen LogP contribution in [0, 0.1) is 0 Å². The van der Waals surface area contributed by atoms with Gasteiger partial charge in [-0.2, -0.15) is 0 Å². The molecule has 0 bridgehead atoms. The molecule has 2 heterocycles. The van der Waals surface area contributed by atoms with E-state index in [0.717, 1.165) is 11.0 Å². The quantitative estimate of drug-likeness (QED) is 0.676. The molecule has 0 saturated carbocycles. The van der Waals surface area contributed by atoms with Gasteiger partial charge in [-0.05, 0) is 18.2 Å². The van der Waals surface area contributed by atoms with Crippen molar-refractivity contribution in [2.45, 2.75) is 6.54 Å². The van der Waals surface area contributed by atoms with Gasteiger partial charge in [-0.25, -0.2) is 14.8 Å². The summed E-state index contributed by atoms with van der Waals surface area (Å²) in [7, 11) is 1.77. The number of hydrogen-bond donors (Lipinski definition) is 0. The molecule has 3 aromatic rings. The number of aromatic nitrogens is 4. The van der Waals surface area contributed by atoms with Crippen molar-refractivity contribution >= 4 is 11.0 Å². The Bertz CT molecular complexity index is 743. The van der Waals surface area contributed by atoms with Crippen LogP contribution in [0.25, 0.3) is 11.0 Å². The van der Waals surface area contributed by atoms with Crippen LogP contribution in [0.5, 0.6) is 0 Å². The molecule has 5 heteroatoms. The predicted molar refractivity (Wildman–Crippen MR) is 68.3 cm³/mol. The molecule has 0 radical (unpaired) electrons. The molecule has 0 saturated heterocycles. The maximum Gasteiger partial charge on any atom is 0.329 e. The molecule has 0 aliphatic rings. The second-order valence-corrected chi connectivity index (χ2v) is 4.08. The number of rotatable bonds is 2. The van der Waals surface area contributed by atoms with E-state index in [2.05, 4.69) is 9.97 Å². The normalized spacial score (nSPS) is 10.9. The molecular formula is C13H12N4O. The fourth-order valence-electron chi connectivity index (χ4n) is 2.07. The highest BCUT2D eigenvalue weighted by Crippen LogP contribution is 2.11. The molecule has 90 valence electrons. The summed E-state index contributed by atoms with van der Waals surface area (Å²) >= 11 is 0. The molecule has 0 unspecified atom stereocenters. The Morgan fingerprint density at radius 1 is 1.06 bits per heavy atom. The minimum Gasteiger partial charge on any atom is -0.295 e. The second-order valence-electron chi connectivity index (χ2n) is 4.08. The Labute approximate surface area is 103 Å². The molecular weight excluding hydrogens is 228 g/mol. The largest absolute Gasteiger partial charge is 0.329 e. The van der Waals surface area contributed by atoms with Crippen LogP contribution in [0.15, 0.2) is 47.5 Å². The van der Waals surface area contributed by atoms with E-state index in [1.807, 2.05) is 24.3 Å². The predicted octanol–water partition coefficient (Wildman–Crippen LogP) is 1.18. The average molecular weight is 240 g/mol. The van der Waals surface area contributed by atoms with Crippen LogP contribution in [-0.2, 0) is 13.6 Å². The fourth-order valence-corrected chi connectivity index (χ4v) is 2.07. The standard InChI is InChI=1S/C13H12N4O/c1-16-10-5-2-3-6-11(10)17(13(16)18)9-12-14-7-4-8-15-12/h2-8H,9H2,1H3. The Hall–Kier alpha value is -2.43. The van der Waals surface area contributed by atoms with Crippen molar-refractivity contribution in [3.8, 4) is 0 Å². The molecule has 5 nitrogen and oxygen atoms in total. The molecule has 0 spiro atoms. The molecule has 1 aromatic carbocycles. The molecule has 2 aromatic heterocycles. The minimum atomic E-state index is -0.0522. The Morgan fingerprint density at radius 3 is 2.44 bits per heavy atom. The van der Waals surface area contributed by atoms with Gasteiger partial charge in [0.2, 0.25) is 0 Å². The van der Waals surface area contributed by atoms with E-state index in [1.54, 1.807) is 34.6 Å². The van der Waals surface area contributed by atoms with Crippen LogP contribution in [0.4, 0.5) is 0 Å². The van der Waals surface area contributed by atoms with Gasteiger partial charge in [-0.15, -0.1) is 0 Å². The second kappa shape index (κ2) is 4.10. The highest BCUT2D eigenvalue weighted by Gasteiger charge is 2.10. The lowest BCUT2D eigenvalue weighted by molar-refractivity contribution is 0.703. The Kier molecular flexibility index (Phi) is 2.44. The highest BCUT2D eigenvalue weighted by molar-refractivity contribution is 5.75. The van der Waals surface area contributed by atoms with Gasteiger partial charge < -0.3 is 0 Å². The van der Waals surface area contributed by atoms with Crippen molar-refractivity contribution in [1.29, 1.82) is 0 Å². The molecule has 0 fully saturated rings. The minimum absolute atomic E-state index is 0.0522. The number of fused-ring (bicyclic) bond motifs is 1. The number of hydrogen-bond acceptors (Lipinski definition) is 3. The summed E-state index contributed by atoms with van der Waals surface area (Å²) in [5, 5.41) is 0. The molecule has 0 aliphatic carbocycles. The SMILES string of the molecule is Cn1c(=O)n(Cc2ncccn2)c2ccccc21. The first-order valence-corrected chi connectivity index (χ1v) is 5.67. The van der Waals surface area contributed by atoms with Gasteiger partial charge in [0.15, 0.2) is 0 Å². The maximum atomic E-state index is 12.2. The van der Waals surface area contributed by atoms with E-state index in [1.165, 1.54) is 0 Å². The van der Waals surface area contributed by atoms with Crippen LogP contribution in [0.1, 0.15) is 5.82 Å². The van der Waals surface area contributed by atoms with Crippen LogP contribution in [-0.4, -0.2) is 19.1 Å². The van der Waals surface area contributed by atoms with Crippen molar-refractivity contribution in [2.24, 2.45) is 7.05 Å². The van der Waals surface area contributed by atoms with Gasteiger partial charge in [0.05, 0.1) is 17.6 Å². The van der Waals surface area contributed by atoms with Crippen molar-refractivity contribution < 1.29 is 0 Å². The monoisotopic (exact) mass is 240 g/mol. The Morgan fingerprint density at radius 2 is 1.72 bits per heavy atom. The van der Waals surface area contributed by atoms with Crippen LogP contribution < -0.4 is 5.69 Å². The van der Waals surface area contributed by atoms with Gasteiger partial charge in [-0.1, -0.05) is 12.1 Å². The maximum absolute atomic E-state index is 12.2. The first kappa shape index (κ1) is 10.7. The van der Waals surface area contributed by atoms with E-state index < -0.39 is 0 Å². The highest BCUT2D eigenvalue weighted by atomic mass is 16.1. The van der Waals surface area contributed by atoms with Gasteiger partial charge >= 0.3 is 5.69 Å². The van der Waals surface area contributed by atoms with E-state index >= 15 is 0 Å². The third kappa shape index (κ3) is 1.60. The number of aryl methyl sites for hydroxylation is 1. The van der Waals surface area contributed by atoms with E-state index in [0.29, 0.717) is 12.4 Å². The topological polar surface area (TPSA) is 52.7 Å². The molecule has 0 N–H and O–H groups in total. The summed E-state index contributed by atoms with van der Waals surface area (Å²) in [5.41, 5.74) is 1.76. The van der Waals surface area contributed by atoms with Gasteiger partial charge in [0.1, 0.15) is 5.82 Å². The summed E-state index contributed by atoms with van der Waals surface area (Å²) in [4.78, 5) is 20.5. The van der Waals surface area contributed by atoms with Gasteiger partial charge in [0.25, 0.3) is 0 Å². The summed E-state index contributed by atoms with van der Waals surface area (Å²) in [6, 6.07) is 9.46. The van der Waals surface area contributed by atoms with Crippen molar-refractivity contribution in [2.75, 3.05) is 0 Å². The first-order chi connectivity index (χ1) is 8.77. The van der Waals surface area contributed by atoms with Crippen molar-refractivity contribution in [1.82, 2.24) is 19.1 Å². The summed E-state index contributed by atoms with van der Waals surface area (Å²) in [6.45, 7) is 0.390. The van der Waals surface area contributed by atoms with E-state index in [-0.39, 0.29) is 5.69 Å². The van der Waals surface area contributed by atoms with Crippen LogP contribution in [0.3, 0.4) is 0 Å². The fraction of sp³-hybridized carbons (Fsp3) is 0.154. The van der Waals surface area contributed by atoms with E-state index in [4.69, 9.17) is 0 Å².